The van der Waals surface area contributed by atoms with E-state index in [9.17, 15) is 9.59 Å². The van der Waals surface area contributed by atoms with Crippen LogP contribution in [0.5, 0.6) is 0 Å². The fraction of sp³-hybridized carbons (Fsp3) is 0.200. The fourth-order valence-electron chi connectivity index (χ4n) is 0.418. The van der Waals surface area contributed by atoms with Crippen molar-refractivity contribution in [1.29, 1.82) is 0 Å². The van der Waals surface area contributed by atoms with Crippen molar-refractivity contribution in [3.05, 3.63) is 12.2 Å². The van der Waals surface area contributed by atoms with Crippen LogP contribution in [0.15, 0.2) is 12.2 Å². The Morgan fingerprint density at radius 2 is 2.25 bits per heavy atom. The van der Waals surface area contributed by atoms with Gasteiger partial charge < -0.3 is 0 Å². The van der Waals surface area contributed by atoms with Crippen LogP contribution in [0.4, 0.5) is 0 Å². The van der Waals surface area contributed by atoms with Crippen LogP contribution in [0.1, 0.15) is 0 Å². The number of carbonyl (C=O) groups excluding carboxylic acids is 2. The average molecular weight is 128 g/mol. The third-order valence-corrected chi connectivity index (χ3v) is 1.60. The highest BCUT2D eigenvalue weighted by atomic mass is 32.2. The van der Waals surface area contributed by atoms with Gasteiger partial charge in [-0.3, -0.25) is 9.59 Å². The van der Waals surface area contributed by atoms with Crippen molar-refractivity contribution in [2.75, 3.05) is 5.75 Å². The molecule has 2 nitrogen and oxygen atoms in total. The van der Waals surface area contributed by atoms with Gasteiger partial charge in [-0.2, -0.15) is 0 Å². The molecule has 0 atom stereocenters. The summed E-state index contributed by atoms with van der Waals surface area (Å²) >= 11 is 1.05. The van der Waals surface area contributed by atoms with Crippen molar-refractivity contribution in [2.45, 2.75) is 0 Å². The first kappa shape index (κ1) is 5.56. The normalized spacial score (nSPS) is 19.5. The highest BCUT2D eigenvalue weighted by molar-refractivity contribution is 8.15. The molecule has 0 aliphatic carbocycles. The van der Waals surface area contributed by atoms with Gasteiger partial charge >= 0.3 is 0 Å². The van der Waals surface area contributed by atoms with Crippen LogP contribution in [0.2, 0.25) is 0 Å². The Bertz CT molecular complexity index is 160. The zero-order valence-electron chi connectivity index (χ0n) is 4.09. The minimum Gasteiger partial charge on any atom is -0.285 e. The third-order valence-electron chi connectivity index (χ3n) is 0.781. The molecule has 0 unspecified atom stereocenters. The summed E-state index contributed by atoms with van der Waals surface area (Å²) in [4.78, 5) is 20.7. The maximum absolute atomic E-state index is 10.4. The lowest BCUT2D eigenvalue weighted by Gasteiger charge is -1.96. The molecule has 0 fully saturated rings. The SMILES string of the molecule is O=C1C=CCSC1=O. The monoisotopic (exact) mass is 128 g/mol. The second kappa shape index (κ2) is 2.13. The molecule has 42 valence electrons. The van der Waals surface area contributed by atoms with E-state index in [1.807, 2.05) is 0 Å². The van der Waals surface area contributed by atoms with Crippen molar-refractivity contribution in [3.8, 4) is 0 Å². The smallest absolute Gasteiger partial charge is 0.259 e. The summed E-state index contributed by atoms with van der Waals surface area (Å²) in [5, 5.41) is -0.340. The summed E-state index contributed by atoms with van der Waals surface area (Å²) in [5.41, 5.74) is 0. The topological polar surface area (TPSA) is 34.1 Å². The van der Waals surface area contributed by atoms with Gasteiger partial charge in [0, 0.05) is 5.75 Å². The molecular weight excluding hydrogens is 124 g/mol. The predicted octanol–water partition coefficient (Wildman–Crippen LogP) is 0.385. The van der Waals surface area contributed by atoms with Gasteiger partial charge in [-0.25, -0.2) is 0 Å². The number of hydrogen-bond donors (Lipinski definition) is 0. The molecule has 0 aromatic rings. The second-order valence-electron chi connectivity index (χ2n) is 1.37. The molecule has 0 saturated carbocycles. The Hall–Kier alpha value is -0.570. The lowest BCUT2D eigenvalue weighted by atomic mass is 10.4. The van der Waals surface area contributed by atoms with Crippen LogP contribution < -0.4 is 0 Å². The first-order valence-corrected chi connectivity index (χ1v) is 3.17. The van der Waals surface area contributed by atoms with Gasteiger partial charge in [0.05, 0.1) is 0 Å². The van der Waals surface area contributed by atoms with Gasteiger partial charge in [0.1, 0.15) is 0 Å². The van der Waals surface area contributed by atoms with Gasteiger partial charge in [0.15, 0.2) is 0 Å². The highest BCUT2D eigenvalue weighted by Crippen LogP contribution is 2.08. The molecular formula is C5H4O2S. The Kier molecular flexibility index (Phi) is 1.48. The highest BCUT2D eigenvalue weighted by Gasteiger charge is 2.12. The molecule has 0 aromatic carbocycles. The second-order valence-corrected chi connectivity index (χ2v) is 2.36. The van der Waals surface area contributed by atoms with Crippen molar-refractivity contribution in [2.24, 2.45) is 0 Å². The molecule has 0 N–H and O–H groups in total. The van der Waals surface area contributed by atoms with E-state index >= 15 is 0 Å². The number of allylic oxidation sites excluding steroid dienone is 1. The number of carbonyl (C=O) groups is 2. The molecule has 0 amide bonds. The summed E-state index contributed by atoms with van der Waals surface area (Å²) in [7, 11) is 0. The van der Waals surface area contributed by atoms with Crippen molar-refractivity contribution in [3.63, 3.8) is 0 Å². The van der Waals surface area contributed by atoms with E-state index in [1.54, 1.807) is 6.08 Å². The zero-order valence-corrected chi connectivity index (χ0v) is 4.90. The number of ketones is 1. The first-order chi connectivity index (χ1) is 3.80. The maximum Gasteiger partial charge on any atom is 0.259 e. The van der Waals surface area contributed by atoms with E-state index in [2.05, 4.69) is 0 Å². The third kappa shape index (κ3) is 0.980. The molecule has 1 rings (SSSR count). The zero-order chi connectivity index (χ0) is 5.98. The lowest BCUT2D eigenvalue weighted by molar-refractivity contribution is -0.128. The van der Waals surface area contributed by atoms with Crippen LogP contribution in [0.3, 0.4) is 0 Å². The van der Waals surface area contributed by atoms with Gasteiger partial charge in [-0.1, -0.05) is 17.8 Å². The summed E-state index contributed by atoms with van der Waals surface area (Å²) in [6.45, 7) is 0. The predicted molar refractivity (Wildman–Crippen MR) is 31.6 cm³/mol. The largest absolute Gasteiger partial charge is 0.285 e. The molecule has 0 spiro atoms. The fourth-order valence-corrected chi connectivity index (χ4v) is 0.972. The number of thioether (sulfide) groups is 1. The van der Waals surface area contributed by atoms with Crippen LogP contribution in [-0.4, -0.2) is 16.7 Å². The summed E-state index contributed by atoms with van der Waals surface area (Å²) < 4.78 is 0. The molecule has 0 saturated heterocycles. The summed E-state index contributed by atoms with van der Waals surface area (Å²) in [5.74, 6) is 0.256. The molecule has 0 radical (unpaired) electrons. The van der Waals surface area contributed by atoms with E-state index in [4.69, 9.17) is 0 Å². The minimum atomic E-state index is -0.388. The van der Waals surface area contributed by atoms with Crippen LogP contribution in [-0.2, 0) is 9.59 Å². The van der Waals surface area contributed by atoms with E-state index in [0.29, 0.717) is 5.75 Å². The van der Waals surface area contributed by atoms with Crippen LogP contribution in [0, 0.1) is 0 Å². The Morgan fingerprint density at radius 1 is 1.50 bits per heavy atom. The standard InChI is InChI=1S/C5H4O2S/c6-4-2-1-3-8-5(4)7/h1-2H,3H2. The van der Waals surface area contributed by atoms with Gasteiger partial charge in [0.25, 0.3) is 5.12 Å². The number of rotatable bonds is 0. The molecule has 0 bridgehead atoms. The van der Waals surface area contributed by atoms with Gasteiger partial charge in [-0.15, -0.1) is 0 Å². The quantitative estimate of drug-likeness (QED) is 0.442. The van der Waals surface area contributed by atoms with Crippen molar-refractivity contribution < 1.29 is 9.59 Å². The molecule has 8 heavy (non-hydrogen) atoms. The van der Waals surface area contributed by atoms with E-state index in [-0.39, 0.29) is 10.9 Å². The van der Waals surface area contributed by atoms with Crippen molar-refractivity contribution >= 4 is 22.7 Å². The van der Waals surface area contributed by atoms with E-state index < -0.39 is 0 Å². The Morgan fingerprint density at radius 3 is 2.62 bits per heavy atom. The number of hydrogen-bond acceptors (Lipinski definition) is 3. The molecule has 3 heteroatoms. The minimum absolute atomic E-state index is 0.340. The van der Waals surface area contributed by atoms with Crippen molar-refractivity contribution in [1.82, 2.24) is 0 Å². The van der Waals surface area contributed by atoms with Crippen LogP contribution in [0.25, 0.3) is 0 Å². The first-order valence-electron chi connectivity index (χ1n) is 2.18. The summed E-state index contributed by atoms with van der Waals surface area (Å²) in [6.07, 6.45) is 3.01. The van der Waals surface area contributed by atoms with E-state index in [1.165, 1.54) is 6.08 Å². The molecule has 0 aromatic heterocycles. The molecule has 1 aliphatic rings. The Balaban J connectivity index is 2.75. The Labute approximate surface area is 50.9 Å². The van der Waals surface area contributed by atoms with E-state index in [0.717, 1.165) is 11.8 Å². The van der Waals surface area contributed by atoms with Crippen LogP contribution >= 0.6 is 11.8 Å². The van der Waals surface area contributed by atoms with Gasteiger partial charge in [0.2, 0.25) is 5.78 Å². The summed E-state index contributed by atoms with van der Waals surface area (Å²) in [6, 6.07) is 0. The maximum atomic E-state index is 10.4. The lowest BCUT2D eigenvalue weighted by Crippen LogP contribution is -2.09. The molecule has 1 heterocycles. The average Bonchev–Trinajstić information content (AvgIpc) is 1.77. The molecule has 1 aliphatic heterocycles. The van der Waals surface area contributed by atoms with Gasteiger partial charge in [-0.05, 0) is 6.08 Å².